The highest BCUT2D eigenvalue weighted by Crippen LogP contribution is 2.23. The fraction of sp³-hybridized carbons (Fsp3) is 0.214. The SMILES string of the molecule is CCNc1ccc(Nc2nc(C)nc3[nH]ccc23)cn1. The van der Waals surface area contributed by atoms with Gasteiger partial charge in [-0.2, -0.15) is 0 Å². The molecule has 0 unspecified atom stereocenters. The molecule has 3 heterocycles. The first-order valence-corrected chi connectivity index (χ1v) is 6.55. The summed E-state index contributed by atoms with van der Waals surface area (Å²) in [5.74, 6) is 2.37. The highest BCUT2D eigenvalue weighted by atomic mass is 15.1. The highest BCUT2D eigenvalue weighted by molar-refractivity contribution is 5.88. The van der Waals surface area contributed by atoms with Gasteiger partial charge in [0.2, 0.25) is 0 Å². The van der Waals surface area contributed by atoms with Crippen molar-refractivity contribution in [2.75, 3.05) is 17.2 Å². The van der Waals surface area contributed by atoms with Gasteiger partial charge in [0.25, 0.3) is 0 Å². The minimum Gasteiger partial charge on any atom is -0.370 e. The Balaban J connectivity index is 1.90. The Hall–Kier alpha value is -2.63. The lowest BCUT2D eigenvalue weighted by atomic mass is 10.3. The molecule has 0 aliphatic rings. The van der Waals surface area contributed by atoms with Crippen LogP contribution < -0.4 is 10.6 Å². The van der Waals surface area contributed by atoms with Crippen molar-refractivity contribution in [1.82, 2.24) is 19.9 Å². The monoisotopic (exact) mass is 268 g/mol. The normalized spacial score (nSPS) is 10.7. The van der Waals surface area contributed by atoms with Gasteiger partial charge >= 0.3 is 0 Å². The number of hydrogen-bond donors (Lipinski definition) is 3. The molecule has 20 heavy (non-hydrogen) atoms. The van der Waals surface area contributed by atoms with Crippen molar-refractivity contribution >= 4 is 28.4 Å². The van der Waals surface area contributed by atoms with Crippen LogP contribution >= 0.6 is 0 Å². The van der Waals surface area contributed by atoms with E-state index in [1.54, 1.807) is 6.20 Å². The van der Waals surface area contributed by atoms with Crippen LogP contribution in [0.5, 0.6) is 0 Å². The summed E-state index contributed by atoms with van der Waals surface area (Å²) < 4.78 is 0. The summed E-state index contributed by atoms with van der Waals surface area (Å²) >= 11 is 0. The average Bonchev–Trinajstić information content (AvgIpc) is 2.89. The van der Waals surface area contributed by atoms with Crippen molar-refractivity contribution in [2.45, 2.75) is 13.8 Å². The molecule has 0 radical (unpaired) electrons. The predicted molar refractivity (Wildman–Crippen MR) is 80.3 cm³/mol. The Morgan fingerprint density at radius 3 is 2.85 bits per heavy atom. The molecule has 3 aromatic rings. The summed E-state index contributed by atoms with van der Waals surface area (Å²) in [6.45, 7) is 4.77. The standard InChI is InChI=1S/C14H16N6/c1-3-15-12-5-4-10(8-17-12)20-14-11-6-7-16-13(11)18-9(2)19-14/h4-8H,3H2,1-2H3,(H,15,17)(H2,16,18,19,20). The van der Waals surface area contributed by atoms with Crippen molar-refractivity contribution in [3.05, 3.63) is 36.4 Å². The largest absolute Gasteiger partial charge is 0.370 e. The first kappa shape index (κ1) is 12.4. The van der Waals surface area contributed by atoms with Crippen molar-refractivity contribution in [3.63, 3.8) is 0 Å². The Morgan fingerprint density at radius 2 is 2.10 bits per heavy atom. The van der Waals surface area contributed by atoms with E-state index in [1.165, 1.54) is 0 Å². The molecule has 0 spiro atoms. The van der Waals surface area contributed by atoms with E-state index in [-0.39, 0.29) is 0 Å². The zero-order valence-corrected chi connectivity index (χ0v) is 11.4. The second kappa shape index (κ2) is 5.16. The van der Waals surface area contributed by atoms with Gasteiger partial charge in [0.05, 0.1) is 17.3 Å². The average molecular weight is 268 g/mol. The minimum absolute atomic E-state index is 0.722. The molecular formula is C14H16N6. The second-order valence-electron chi connectivity index (χ2n) is 4.45. The summed E-state index contributed by atoms with van der Waals surface area (Å²) in [4.78, 5) is 16.2. The van der Waals surface area contributed by atoms with Crippen LogP contribution in [0.2, 0.25) is 0 Å². The maximum absolute atomic E-state index is 4.44. The van der Waals surface area contributed by atoms with Crippen LogP contribution in [0.25, 0.3) is 11.0 Å². The Kier molecular flexibility index (Phi) is 3.20. The van der Waals surface area contributed by atoms with Gasteiger partial charge < -0.3 is 15.6 Å². The number of aryl methyl sites for hydroxylation is 1. The van der Waals surface area contributed by atoms with Crippen LogP contribution in [0, 0.1) is 6.92 Å². The number of hydrogen-bond acceptors (Lipinski definition) is 5. The fourth-order valence-corrected chi connectivity index (χ4v) is 2.04. The predicted octanol–water partition coefficient (Wildman–Crippen LogP) is 2.84. The summed E-state index contributed by atoms with van der Waals surface area (Å²) in [5, 5.41) is 7.41. The summed E-state index contributed by atoms with van der Waals surface area (Å²) in [5.41, 5.74) is 1.73. The lowest BCUT2D eigenvalue weighted by Gasteiger charge is -2.08. The quantitative estimate of drug-likeness (QED) is 0.678. The van der Waals surface area contributed by atoms with Crippen LogP contribution in [-0.4, -0.2) is 26.5 Å². The minimum atomic E-state index is 0.722. The number of nitrogens with zero attached hydrogens (tertiary/aromatic N) is 3. The van der Waals surface area contributed by atoms with E-state index in [1.807, 2.05) is 38.2 Å². The maximum Gasteiger partial charge on any atom is 0.143 e. The number of H-pyrrole nitrogens is 1. The molecule has 0 amide bonds. The molecule has 0 fully saturated rings. The summed E-state index contributed by atoms with van der Waals surface area (Å²) in [7, 11) is 0. The van der Waals surface area contributed by atoms with Gasteiger partial charge in [-0.15, -0.1) is 0 Å². The molecule has 102 valence electrons. The molecule has 3 N–H and O–H groups in total. The number of anilines is 3. The lowest BCUT2D eigenvalue weighted by molar-refractivity contribution is 1.08. The number of pyridine rings is 1. The van der Waals surface area contributed by atoms with Gasteiger partial charge in [-0.1, -0.05) is 0 Å². The molecule has 0 atom stereocenters. The molecule has 3 rings (SSSR count). The number of fused-ring (bicyclic) bond motifs is 1. The van der Waals surface area contributed by atoms with E-state index in [0.29, 0.717) is 0 Å². The van der Waals surface area contributed by atoms with Gasteiger partial charge in [-0.25, -0.2) is 15.0 Å². The van der Waals surface area contributed by atoms with Crippen LogP contribution in [0.4, 0.5) is 17.3 Å². The highest BCUT2D eigenvalue weighted by Gasteiger charge is 2.07. The van der Waals surface area contributed by atoms with Gasteiger partial charge in [0.1, 0.15) is 23.1 Å². The van der Waals surface area contributed by atoms with Crippen molar-refractivity contribution < 1.29 is 0 Å². The third-order valence-corrected chi connectivity index (χ3v) is 2.91. The molecule has 0 saturated carbocycles. The number of nitrogens with one attached hydrogen (secondary N) is 3. The summed E-state index contributed by atoms with van der Waals surface area (Å²) in [6, 6.07) is 5.87. The fourth-order valence-electron chi connectivity index (χ4n) is 2.04. The van der Waals surface area contributed by atoms with Crippen molar-refractivity contribution in [3.8, 4) is 0 Å². The summed E-state index contributed by atoms with van der Waals surface area (Å²) in [6.07, 6.45) is 3.64. The topological polar surface area (TPSA) is 78.5 Å². The molecular weight excluding hydrogens is 252 g/mol. The third-order valence-electron chi connectivity index (χ3n) is 2.91. The maximum atomic E-state index is 4.44. The van der Waals surface area contributed by atoms with Gasteiger partial charge in [0, 0.05) is 12.7 Å². The van der Waals surface area contributed by atoms with Crippen LogP contribution in [-0.2, 0) is 0 Å². The van der Waals surface area contributed by atoms with E-state index in [4.69, 9.17) is 0 Å². The lowest BCUT2D eigenvalue weighted by Crippen LogP contribution is -2.01. The molecule has 0 aliphatic carbocycles. The molecule has 3 aromatic heterocycles. The molecule has 0 saturated heterocycles. The first-order valence-electron chi connectivity index (χ1n) is 6.55. The van der Waals surface area contributed by atoms with E-state index >= 15 is 0 Å². The van der Waals surface area contributed by atoms with E-state index in [0.717, 1.165) is 40.7 Å². The van der Waals surface area contributed by atoms with Crippen LogP contribution in [0.3, 0.4) is 0 Å². The van der Waals surface area contributed by atoms with Gasteiger partial charge in [0.15, 0.2) is 0 Å². The number of rotatable bonds is 4. The molecule has 0 aliphatic heterocycles. The van der Waals surface area contributed by atoms with Crippen molar-refractivity contribution in [2.24, 2.45) is 0 Å². The van der Waals surface area contributed by atoms with Gasteiger partial charge in [-0.05, 0) is 32.0 Å². The van der Waals surface area contributed by atoms with E-state index < -0.39 is 0 Å². The molecule has 6 heteroatoms. The number of aromatic amines is 1. The molecule has 0 aromatic carbocycles. The Labute approximate surface area is 116 Å². The Morgan fingerprint density at radius 1 is 1.20 bits per heavy atom. The Bertz CT molecular complexity index is 716. The number of aromatic nitrogens is 4. The van der Waals surface area contributed by atoms with Crippen molar-refractivity contribution in [1.29, 1.82) is 0 Å². The van der Waals surface area contributed by atoms with Gasteiger partial charge in [-0.3, -0.25) is 0 Å². The molecule has 6 nitrogen and oxygen atoms in total. The zero-order chi connectivity index (χ0) is 13.9. The second-order valence-corrected chi connectivity index (χ2v) is 4.45. The first-order chi connectivity index (χ1) is 9.76. The van der Waals surface area contributed by atoms with Crippen LogP contribution in [0.15, 0.2) is 30.6 Å². The van der Waals surface area contributed by atoms with E-state index in [9.17, 15) is 0 Å². The third kappa shape index (κ3) is 2.40. The van der Waals surface area contributed by atoms with E-state index in [2.05, 4.69) is 30.6 Å². The van der Waals surface area contributed by atoms with Crippen LogP contribution in [0.1, 0.15) is 12.7 Å². The zero-order valence-electron chi connectivity index (χ0n) is 11.4. The smallest absolute Gasteiger partial charge is 0.143 e. The molecule has 0 bridgehead atoms.